The summed E-state index contributed by atoms with van der Waals surface area (Å²) in [5.41, 5.74) is 4.79. The Hall–Kier alpha value is -2.49. The molecule has 1 aliphatic carbocycles. The van der Waals surface area contributed by atoms with Gasteiger partial charge in [0.25, 0.3) is 0 Å². The molecule has 0 spiro atoms. The molecule has 1 heterocycles. The molecule has 0 saturated carbocycles. The molecule has 0 radical (unpaired) electrons. The highest BCUT2D eigenvalue weighted by atomic mass is 16.5. The van der Waals surface area contributed by atoms with Crippen LogP contribution in [0.2, 0.25) is 0 Å². The van der Waals surface area contributed by atoms with Gasteiger partial charge in [-0.2, -0.15) is 0 Å². The number of urea groups is 1. The smallest absolute Gasteiger partial charge is 0.322 e. The van der Waals surface area contributed by atoms with Gasteiger partial charge >= 0.3 is 6.03 Å². The molecule has 1 fully saturated rings. The number of methoxy groups -OCH3 is 1. The number of hydrogen-bond acceptors (Lipinski definition) is 2. The number of ether oxygens (including phenoxy) is 1. The van der Waals surface area contributed by atoms with Crippen LogP contribution >= 0.6 is 0 Å². The predicted molar refractivity (Wildman–Crippen MR) is 99.2 cm³/mol. The minimum atomic E-state index is -0.0219. The molecular formula is C21H24N2O2. The number of nitrogens with zero attached hydrogens (tertiary/aromatic N) is 1. The number of carbonyl (C=O) groups is 1. The van der Waals surface area contributed by atoms with Gasteiger partial charge in [0.1, 0.15) is 5.75 Å². The van der Waals surface area contributed by atoms with E-state index in [1.165, 1.54) is 17.5 Å². The van der Waals surface area contributed by atoms with Crippen molar-refractivity contribution in [1.29, 1.82) is 0 Å². The van der Waals surface area contributed by atoms with Crippen LogP contribution in [0.4, 0.5) is 10.5 Å². The maximum absolute atomic E-state index is 12.9. The van der Waals surface area contributed by atoms with E-state index in [1.54, 1.807) is 7.11 Å². The molecule has 2 aromatic carbocycles. The first-order valence-corrected chi connectivity index (χ1v) is 9.08. The summed E-state index contributed by atoms with van der Waals surface area (Å²) in [6.07, 6.45) is 5.48. The normalized spacial score (nSPS) is 18.9. The average Bonchev–Trinajstić information content (AvgIpc) is 3.30. The quantitative estimate of drug-likeness (QED) is 0.893. The number of benzene rings is 2. The van der Waals surface area contributed by atoms with Crippen LogP contribution in [-0.2, 0) is 12.8 Å². The van der Waals surface area contributed by atoms with Crippen molar-refractivity contribution in [2.45, 2.75) is 38.1 Å². The first-order valence-electron chi connectivity index (χ1n) is 9.08. The van der Waals surface area contributed by atoms with Crippen molar-refractivity contribution in [3.63, 3.8) is 0 Å². The van der Waals surface area contributed by atoms with Gasteiger partial charge in [0, 0.05) is 17.8 Å². The molecule has 2 aromatic rings. The van der Waals surface area contributed by atoms with E-state index in [9.17, 15) is 4.79 Å². The Morgan fingerprint density at radius 1 is 1.12 bits per heavy atom. The number of carbonyl (C=O) groups excluding carboxylic acids is 1. The van der Waals surface area contributed by atoms with Crippen molar-refractivity contribution < 1.29 is 9.53 Å². The zero-order valence-corrected chi connectivity index (χ0v) is 14.6. The van der Waals surface area contributed by atoms with Crippen LogP contribution in [0.1, 0.15) is 42.0 Å². The predicted octanol–water partition coefficient (Wildman–Crippen LogP) is 4.55. The second kappa shape index (κ2) is 6.79. The van der Waals surface area contributed by atoms with Crippen molar-refractivity contribution in [3.8, 4) is 5.75 Å². The lowest BCUT2D eigenvalue weighted by Gasteiger charge is -2.26. The summed E-state index contributed by atoms with van der Waals surface area (Å²) >= 11 is 0. The van der Waals surface area contributed by atoms with Crippen molar-refractivity contribution in [1.82, 2.24) is 4.90 Å². The molecule has 1 N–H and O–H groups in total. The minimum Gasteiger partial charge on any atom is -0.496 e. The molecule has 0 bridgehead atoms. The summed E-state index contributed by atoms with van der Waals surface area (Å²) in [6.45, 7) is 0.777. The zero-order chi connectivity index (χ0) is 17.2. The molecule has 4 nitrogen and oxygen atoms in total. The fourth-order valence-electron chi connectivity index (χ4n) is 4.12. The van der Waals surface area contributed by atoms with E-state index in [2.05, 4.69) is 23.5 Å². The van der Waals surface area contributed by atoms with E-state index < -0.39 is 0 Å². The number of amides is 2. The van der Waals surface area contributed by atoms with Gasteiger partial charge in [-0.25, -0.2) is 4.79 Å². The lowest BCUT2D eigenvalue weighted by atomic mass is 10.0. The van der Waals surface area contributed by atoms with Gasteiger partial charge in [0.15, 0.2) is 0 Å². The lowest BCUT2D eigenvalue weighted by molar-refractivity contribution is 0.206. The summed E-state index contributed by atoms with van der Waals surface area (Å²) in [7, 11) is 1.68. The Kier molecular flexibility index (Phi) is 4.35. The maximum atomic E-state index is 12.9. The summed E-state index contributed by atoms with van der Waals surface area (Å²) in [4.78, 5) is 14.8. The van der Waals surface area contributed by atoms with Crippen LogP contribution in [0.3, 0.4) is 0 Å². The van der Waals surface area contributed by atoms with E-state index in [4.69, 9.17) is 4.74 Å². The molecule has 0 unspecified atom stereocenters. The fraction of sp³-hybridized carbons (Fsp3) is 0.381. The molecule has 1 aliphatic heterocycles. The number of para-hydroxylation sites is 1. The molecule has 4 heteroatoms. The topological polar surface area (TPSA) is 41.6 Å². The highest BCUT2D eigenvalue weighted by Crippen LogP contribution is 2.37. The number of hydrogen-bond donors (Lipinski definition) is 1. The van der Waals surface area contributed by atoms with Crippen LogP contribution in [0.15, 0.2) is 42.5 Å². The second-order valence-electron chi connectivity index (χ2n) is 6.86. The Morgan fingerprint density at radius 3 is 2.84 bits per heavy atom. The van der Waals surface area contributed by atoms with Gasteiger partial charge in [-0.1, -0.05) is 24.3 Å². The monoisotopic (exact) mass is 336 g/mol. The Bertz CT molecular complexity index is 787. The largest absolute Gasteiger partial charge is 0.496 e. The molecule has 0 aromatic heterocycles. The minimum absolute atomic E-state index is 0.0219. The Labute approximate surface area is 148 Å². The van der Waals surface area contributed by atoms with Crippen LogP contribution in [0.25, 0.3) is 0 Å². The molecule has 25 heavy (non-hydrogen) atoms. The first-order chi connectivity index (χ1) is 12.3. The third-order valence-electron chi connectivity index (χ3n) is 5.36. The van der Waals surface area contributed by atoms with Crippen molar-refractivity contribution in [3.05, 3.63) is 59.2 Å². The highest BCUT2D eigenvalue weighted by molar-refractivity contribution is 5.90. The Balaban J connectivity index is 1.53. The zero-order valence-electron chi connectivity index (χ0n) is 14.6. The number of fused-ring (bicyclic) bond motifs is 1. The van der Waals surface area contributed by atoms with E-state index >= 15 is 0 Å². The van der Waals surface area contributed by atoms with Gasteiger partial charge in [-0.05, 0) is 61.4 Å². The molecule has 130 valence electrons. The van der Waals surface area contributed by atoms with E-state index in [0.29, 0.717) is 0 Å². The van der Waals surface area contributed by atoms with Gasteiger partial charge in [-0.3, -0.25) is 0 Å². The molecule has 4 rings (SSSR count). The maximum Gasteiger partial charge on any atom is 0.322 e. The first kappa shape index (κ1) is 16.0. The molecule has 1 saturated heterocycles. The summed E-state index contributed by atoms with van der Waals surface area (Å²) in [5, 5.41) is 3.10. The van der Waals surface area contributed by atoms with Gasteiger partial charge < -0.3 is 15.0 Å². The standard InChI is InChI=1S/C21H24N2O2/c1-25-20-10-3-2-8-18(20)19-9-5-13-23(19)21(24)22-17-12-11-15-6-4-7-16(15)14-17/h2-3,8,10-12,14,19H,4-7,9,13H2,1H3,(H,22,24)/t19-/m0/s1. The third-order valence-corrected chi connectivity index (χ3v) is 5.36. The van der Waals surface area contributed by atoms with Gasteiger partial charge in [0.05, 0.1) is 13.2 Å². The summed E-state index contributed by atoms with van der Waals surface area (Å²) in [6, 6.07) is 14.4. The van der Waals surface area contributed by atoms with Crippen LogP contribution in [0, 0.1) is 0 Å². The highest BCUT2D eigenvalue weighted by Gasteiger charge is 2.31. The SMILES string of the molecule is COc1ccccc1[C@@H]1CCCN1C(=O)Nc1ccc2c(c1)CCC2. The van der Waals surface area contributed by atoms with Crippen molar-refractivity contribution in [2.75, 3.05) is 19.0 Å². The molecule has 2 aliphatic rings. The molecule has 2 amide bonds. The number of aryl methyl sites for hydroxylation is 2. The van der Waals surface area contributed by atoms with E-state index in [0.717, 1.165) is 49.2 Å². The fourth-order valence-corrected chi connectivity index (χ4v) is 4.12. The van der Waals surface area contributed by atoms with E-state index in [-0.39, 0.29) is 12.1 Å². The molecule has 1 atom stereocenters. The summed E-state index contributed by atoms with van der Waals surface area (Å²) in [5.74, 6) is 0.852. The van der Waals surface area contributed by atoms with E-state index in [1.807, 2.05) is 29.2 Å². The number of anilines is 1. The van der Waals surface area contributed by atoms with Crippen LogP contribution in [-0.4, -0.2) is 24.6 Å². The number of rotatable bonds is 3. The van der Waals surface area contributed by atoms with Crippen LogP contribution in [0.5, 0.6) is 5.75 Å². The van der Waals surface area contributed by atoms with Gasteiger partial charge in [-0.15, -0.1) is 0 Å². The third kappa shape index (κ3) is 3.09. The second-order valence-corrected chi connectivity index (χ2v) is 6.86. The Morgan fingerprint density at radius 2 is 1.96 bits per heavy atom. The molecular weight excluding hydrogens is 312 g/mol. The van der Waals surface area contributed by atoms with Gasteiger partial charge in [0.2, 0.25) is 0 Å². The number of likely N-dealkylation sites (tertiary alicyclic amines) is 1. The average molecular weight is 336 g/mol. The number of nitrogens with one attached hydrogen (secondary N) is 1. The van der Waals surface area contributed by atoms with Crippen molar-refractivity contribution >= 4 is 11.7 Å². The summed E-state index contributed by atoms with van der Waals surface area (Å²) < 4.78 is 5.50. The van der Waals surface area contributed by atoms with Crippen LogP contribution < -0.4 is 10.1 Å². The van der Waals surface area contributed by atoms with Crippen molar-refractivity contribution in [2.24, 2.45) is 0 Å². The lowest BCUT2D eigenvalue weighted by Crippen LogP contribution is -2.34.